The highest BCUT2D eigenvalue weighted by Crippen LogP contribution is 2.07. The van der Waals surface area contributed by atoms with Crippen LogP contribution in [0.5, 0.6) is 0 Å². The Balaban J connectivity index is 2.24. The number of ether oxygens (including phenoxy) is 1. The monoisotopic (exact) mass is 269 g/mol. The predicted molar refractivity (Wildman–Crippen MR) is 68.8 cm³/mol. The van der Waals surface area contributed by atoms with Gasteiger partial charge in [-0.05, 0) is 12.8 Å². The summed E-state index contributed by atoms with van der Waals surface area (Å²) in [5.41, 5.74) is 0.638. The Labute approximate surface area is 111 Å². The SMILES string of the molecule is COCCn1cc(NC(=O)CCCCC(=O)O)cn1. The summed E-state index contributed by atoms with van der Waals surface area (Å²) in [7, 11) is 1.61. The molecule has 2 N–H and O–H groups in total. The second kappa shape index (κ2) is 8.25. The zero-order valence-electron chi connectivity index (χ0n) is 11.0. The van der Waals surface area contributed by atoms with Crippen LogP contribution in [0.3, 0.4) is 0 Å². The standard InChI is InChI=1S/C12H19N3O4/c1-19-7-6-15-9-10(8-13-15)14-11(16)4-2-3-5-12(17)18/h8-9H,2-7H2,1H3,(H,14,16)(H,17,18). The van der Waals surface area contributed by atoms with Gasteiger partial charge in [0.1, 0.15) is 0 Å². The van der Waals surface area contributed by atoms with Gasteiger partial charge in [-0.1, -0.05) is 0 Å². The van der Waals surface area contributed by atoms with Crippen LogP contribution in [0.4, 0.5) is 5.69 Å². The summed E-state index contributed by atoms with van der Waals surface area (Å²) in [6, 6.07) is 0. The van der Waals surface area contributed by atoms with Crippen LogP contribution in [0.2, 0.25) is 0 Å². The van der Waals surface area contributed by atoms with Gasteiger partial charge in [-0.2, -0.15) is 5.10 Å². The first-order valence-corrected chi connectivity index (χ1v) is 6.15. The average Bonchev–Trinajstić information content (AvgIpc) is 2.79. The summed E-state index contributed by atoms with van der Waals surface area (Å²) in [4.78, 5) is 21.9. The smallest absolute Gasteiger partial charge is 0.303 e. The fourth-order valence-electron chi connectivity index (χ4n) is 1.52. The lowest BCUT2D eigenvalue weighted by Gasteiger charge is -2.02. The van der Waals surface area contributed by atoms with E-state index in [1.165, 1.54) is 0 Å². The zero-order chi connectivity index (χ0) is 14.1. The Bertz CT molecular complexity index is 417. The van der Waals surface area contributed by atoms with Crippen LogP contribution in [0, 0.1) is 0 Å². The first-order chi connectivity index (χ1) is 9.11. The molecule has 0 spiro atoms. The average molecular weight is 269 g/mol. The summed E-state index contributed by atoms with van der Waals surface area (Å²) in [5, 5.41) is 15.3. The lowest BCUT2D eigenvalue weighted by atomic mass is 10.2. The molecule has 0 bridgehead atoms. The molecule has 0 saturated carbocycles. The molecular formula is C12H19N3O4. The van der Waals surface area contributed by atoms with Gasteiger partial charge in [-0.15, -0.1) is 0 Å². The van der Waals surface area contributed by atoms with E-state index >= 15 is 0 Å². The summed E-state index contributed by atoms with van der Waals surface area (Å²) in [6.45, 7) is 1.19. The van der Waals surface area contributed by atoms with Crippen molar-refractivity contribution >= 4 is 17.6 Å². The summed E-state index contributed by atoms with van der Waals surface area (Å²) in [6.07, 6.45) is 4.80. The maximum atomic E-state index is 11.6. The fourth-order valence-corrected chi connectivity index (χ4v) is 1.52. The third kappa shape index (κ3) is 6.56. The quantitative estimate of drug-likeness (QED) is 0.655. The summed E-state index contributed by atoms with van der Waals surface area (Å²) in [5.74, 6) is -0.962. The first-order valence-electron chi connectivity index (χ1n) is 6.15. The van der Waals surface area contributed by atoms with Crippen molar-refractivity contribution in [3.63, 3.8) is 0 Å². The van der Waals surface area contributed by atoms with Crippen LogP contribution >= 0.6 is 0 Å². The number of carboxylic acid groups (broad SMARTS) is 1. The Morgan fingerprint density at radius 3 is 2.84 bits per heavy atom. The second-order valence-corrected chi connectivity index (χ2v) is 4.13. The zero-order valence-corrected chi connectivity index (χ0v) is 11.0. The number of hydrogen-bond acceptors (Lipinski definition) is 4. The molecule has 106 valence electrons. The highest BCUT2D eigenvalue weighted by molar-refractivity contribution is 5.90. The van der Waals surface area contributed by atoms with Crippen LogP contribution in [0.15, 0.2) is 12.4 Å². The fraction of sp³-hybridized carbons (Fsp3) is 0.583. The molecule has 0 unspecified atom stereocenters. The molecule has 0 fully saturated rings. The number of hydrogen-bond donors (Lipinski definition) is 2. The van der Waals surface area contributed by atoms with Crippen LogP contribution in [-0.4, -0.2) is 40.5 Å². The van der Waals surface area contributed by atoms with E-state index in [0.29, 0.717) is 38.1 Å². The van der Waals surface area contributed by atoms with E-state index in [-0.39, 0.29) is 12.3 Å². The van der Waals surface area contributed by atoms with E-state index in [4.69, 9.17) is 9.84 Å². The van der Waals surface area contributed by atoms with E-state index in [1.807, 2.05) is 0 Å². The molecule has 0 saturated heterocycles. The van der Waals surface area contributed by atoms with E-state index in [9.17, 15) is 9.59 Å². The maximum Gasteiger partial charge on any atom is 0.303 e. The number of aliphatic carboxylic acids is 1. The van der Waals surface area contributed by atoms with Gasteiger partial charge in [-0.25, -0.2) is 0 Å². The van der Waals surface area contributed by atoms with Gasteiger partial charge in [0.2, 0.25) is 5.91 Å². The molecule has 0 radical (unpaired) electrons. The van der Waals surface area contributed by atoms with Gasteiger partial charge in [0, 0.05) is 26.1 Å². The second-order valence-electron chi connectivity index (χ2n) is 4.13. The van der Waals surface area contributed by atoms with Crippen molar-refractivity contribution in [2.24, 2.45) is 0 Å². The first kappa shape index (κ1) is 15.2. The molecule has 1 amide bonds. The Hall–Kier alpha value is -1.89. The lowest BCUT2D eigenvalue weighted by molar-refractivity contribution is -0.137. The highest BCUT2D eigenvalue weighted by Gasteiger charge is 2.05. The highest BCUT2D eigenvalue weighted by atomic mass is 16.5. The maximum absolute atomic E-state index is 11.6. The van der Waals surface area contributed by atoms with Crippen LogP contribution in [0.25, 0.3) is 0 Å². The number of unbranched alkanes of at least 4 members (excludes halogenated alkanes) is 1. The normalized spacial score (nSPS) is 10.4. The van der Waals surface area contributed by atoms with E-state index in [0.717, 1.165) is 0 Å². The minimum atomic E-state index is -0.833. The number of methoxy groups -OCH3 is 1. The number of nitrogens with zero attached hydrogens (tertiary/aromatic N) is 2. The number of amides is 1. The van der Waals surface area contributed by atoms with Gasteiger partial charge in [0.15, 0.2) is 0 Å². The number of nitrogens with one attached hydrogen (secondary N) is 1. The molecule has 1 rings (SSSR count). The number of carbonyl (C=O) groups is 2. The molecule has 0 aromatic carbocycles. The number of carbonyl (C=O) groups excluding carboxylic acids is 1. The van der Waals surface area contributed by atoms with Crippen molar-refractivity contribution in [2.75, 3.05) is 19.0 Å². The Morgan fingerprint density at radius 1 is 1.42 bits per heavy atom. The minimum absolute atomic E-state index is 0.0994. The third-order valence-electron chi connectivity index (χ3n) is 2.49. The van der Waals surface area contributed by atoms with Crippen molar-refractivity contribution < 1.29 is 19.4 Å². The molecule has 19 heavy (non-hydrogen) atoms. The lowest BCUT2D eigenvalue weighted by Crippen LogP contribution is -2.11. The van der Waals surface area contributed by atoms with E-state index in [1.54, 1.807) is 24.2 Å². The van der Waals surface area contributed by atoms with E-state index in [2.05, 4.69) is 10.4 Å². The molecule has 7 nitrogen and oxygen atoms in total. The Kier molecular flexibility index (Phi) is 6.59. The summed E-state index contributed by atoms with van der Waals surface area (Å²) >= 11 is 0. The molecule has 7 heteroatoms. The van der Waals surface area contributed by atoms with Gasteiger partial charge >= 0.3 is 5.97 Å². The minimum Gasteiger partial charge on any atom is -0.481 e. The molecular weight excluding hydrogens is 250 g/mol. The molecule has 0 aliphatic heterocycles. The topological polar surface area (TPSA) is 93.5 Å². The van der Waals surface area contributed by atoms with Crippen LogP contribution < -0.4 is 5.32 Å². The van der Waals surface area contributed by atoms with Crippen molar-refractivity contribution in [2.45, 2.75) is 32.2 Å². The largest absolute Gasteiger partial charge is 0.481 e. The predicted octanol–water partition coefficient (Wildman–Crippen LogP) is 1.11. The Morgan fingerprint density at radius 2 is 2.16 bits per heavy atom. The van der Waals surface area contributed by atoms with Crippen LogP contribution in [0.1, 0.15) is 25.7 Å². The molecule has 0 atom stereocenters. The van der Waals surface area contributed by atoms with Gasteiger partial charge < -0.3 is 15.2 Å². The van der Waals surface area contributed by atoms with Crippen molar-refractivity contribution in [3.8, 4) is 0 Å². The number of carboxylic acids is 1. The number of anilines is 1. The van der Waals surface area contributed by atoms with E-state index < -0.39 is 5.97 Å². The van der Waals surface area contributed by atoms with Gasteiger partial charge in [-0.3, -0.25) is 14.3 Å². The molecule has 0 aliphatic rings. The van der Waals surface area contributed by atoms with Crippen molar-refractivity contribution in [1.82, 2.24) is 9.78 Å². The molecule has 0 aliphatic carbocycles. The van der Waals surface area contributed by atoms with Crippen molar-refractivity contribution in [3.05, 3.63) is 12.4 Å². The molecule has 1 aromatic heterocycles. The molecule has 1 aromatic rings. The number of rotatable bonds is 9. The van der Waals surface area contributed by atoms with Gasteiger partial charge in [0.05, 0.1) is 25.0 Å². The summed E-state index contributed by atoms with van der Waals surface area (Å²) < 4.78 is 6.61. The van der Waals surface area contributed by atoms with Crippen LogP contribution in [-0.2, 0) is 20.9 Å². The third-order valence-corrected chi connectivity index (χ3v) is 2.49. The molecule has 1 heterocycles. The van der Waals surface area contributed by atoms with Crippen molar-refractivity contribution in [1.29, 1.82) is 0 Å². The number of aromatic nitrogens is 2. The van der Waals surface area contributed by atoms with Gasteiger partial charge in [0.25, 0.3) is 0 Å².